The Morgan fingerprint density at radius 2 is 2.17 bits per heavy atom. The zero-order valence-electron chi connectivity index (χ0n) is 8.39. The van der Waals surface area contributed by atoms with Crippen LogP contribution in [0.15, 0.2) is 0 Å². The van der Waals surface area contributed by atoms with Crippen LogP contribution in [0.1, 0.15) is 34.1 Å². The molecule has 0 N–H and O–H groups in total. The van der Waals surface area contributed by atoms with Gasteiger partial charge in [0.1, 0.15) is 0 Å². The van der Waals surface area contributed by atoms with Crippen molar-refractivity contribution in [3.8, 4) is 0 Å². The van der Waals surface area contributed by atoms with Gasteiger partial charge in [-0.05, 0) is 5.92 Å². The summed E-state index contributed by atoms with van der Waals surface area (Å²) in [6.07, 6.45) is 1.06. The highest BCUT2D eigenvalue weighted by atomic mass is 16.5. The fourth-order valence-electron chi connectivity index (χ4n) is 2.24. The Bertz CT molecular complexity index is 184. The topological polar surface area (TPSA) is 26.3 Å². The highest BCUT2D eigenvalue weighted by Crippen LogP contribution is 2.39. The van der Waals surface area contributed by atoms with Crippen molar-refractivity contribution in [2.45, 2.75) is 34.1 Å². The lowest BCUT2D eigenvalue weighted by molar-refractivity contribution is -0.166. The van der Waals surface area contributed by atoms with Crippen LogP contribution in [0.5, 0.6) is 0 Å². The molecule has 0 amide bonds. The molecule has 2 nitrogen and oxygen atoms in total. The number of carbonyl (C=O) groups excluding carboxylic acids is 1. The molecular formula is C10H18O2. The van der Waals surface area contributed by atoms with E-state index in [1.807, 2.05) is 6.92 Å². The summed E-state index contributed by atoms with van der Waals surface area (Å²) in [6.45, 7) is 9.03. The minimum atomic E-state index is -0.0267. The van der Waals surface area contributed by atoms with Gasteiger partial charge in [-0.3, -0.25) is 4.79 Å². The lowest BCUT2D eigenvalue weighted by Crippen LogP contribution is -2.43. The van der Waals surface area contributed by atoms with E-state index in [-0.39, 0.29) is 17.3 Å². The van der Waals surface area contributed by atoms with Crippen molar-refractivity contribution in [1.82, 2.24) is 0 Å². The van der Waals surface area contributed by atoms with Gasteiger partial charge in [0.2, 0.25) is 0 Å². The van der Waals surface area contributed by atoms with Gasteiger partial charge in [-0.1, -0.05) is 34.1 Å². The van der Waals surface area contributed by atoms with E-state index in [0.29, 0.717) is 12.5 Å². The molecule has 1 aliphatic heterocycles. The molecule has 0 aliphatic carbocycles. The highest BCUT2D eigenvalue weighted by molar-refractivity contribution is 5.73. The van der Waals surface area contributed by atoms with E-state index in [0.717, 1.165) is 6.42 Å². The molecule has 0 aromatic carbocycles. The Balaban J connectivity index is 2.79. The molecule has 1 fully saturated rings. The van der Waals surface area contributed by atoms with E-state index >= 15 is 0 Å². The predicted octanol–water partition coefficient (Wildman–Crippen LogP) is 2.23. The third-order valence-corrected chi connectivity index (χ3v) is 3.01. The molecule has 2 atom stereocenters. The molecule has 2 unspecified atom stereocenters. The van der Waals surface area contributed by atoms with E-state index in [2.05, 4.69) is 20.8 Å². The lowest BCUT2D eigenvalue weighted by Gasteiger charge is -2.40. The summed E-state index contributed by atoms with van der Waals surface area (Å²) < 4.78 is 5.10. The van der Waals surface area contributed by atoms with E-state index in [1.165, 1.54) is 0 Å². The first-order chi connectivity index (χ1) is 5.49. The fourth-order valence-corrected chi connectivity index (χ4v) is 2.24. The molecule has 0 aromatic heterocycles. The van der Waals surface area contributed by atoms with Gasteiger partial charge in [0.25, 0.3) is 0 Å². The number of rotatable bonds is 1. The zero-order chi connectivity index (χ0) is 9.35. The molecule has 1 aliphatic rings. The van der Waals surface area contributed by atoms with Crippen LogP contribution in [0.4, 0.5) is 0 Å². The molecule has 70 valence electrons. The molecule has 2 heteroatoms. The number of hydrogen-bond acceptors (Lipinski definition) is 2. The standard InChI is InChI=1S/C10H18O2/c1-5-8-7(2)9(11)12-6-10(8,3)4/h7-8H,5-6H2,1-4H3. The lowest BCUT2D eigenvalue weighted by atomic mass is 9.70. The minimum absolute atomic E-state index is 0.0267. The fraction of sp³-hybridized carbons (Fsp3) is 0.900. The van der Waals surface area contributed by atoms with E-state index in [9.17, 15) is 4.79 Å². The summed E-state index contributed by atoms with van der Waals surface area (Å²) in [5.41, 5.74) is 0.155. The molecule has 0 spiro atoms. The maximum Gasteiger partial charge on any atom is 0.308 e. The summed E-state index contributed by atoms with van der Waals surface area (Å²) in [5, 5.41) is 0. The molecule has 1 heterocycles. The van der Waals surface area contributed by atoms with Crippen LogP contribution in [0.25, 0.3) is 0 Å². The van der Waals surface area contributed by atoms with Crippen LogP contribution in [0.3, 0.4) is 0 Å². The zero-order valence-corrected chi connectivity index (χ0v) is 8.39. The van der Waals surface area contributed by atoms with Gasteiger partial charge >= 0.3 is 5.97 Å². The van der Waals surface area contributed by atoms with Crippen LogP contribution in [0.2, 0.25) is 0 Å². The van der Waals surface area contributed by atoms with Gasteiger partial charge in [-0.15, -0.1) is 0 Å². The number of hydrogen-bond donors (Lipinski definition) is 0. The smallest absolute Gasteiger partial charge is 0.308 e. The molecule has 0 aromatic rings. The quantitative estimate of drug-likeness (QED) is 0.564. The Hall–Kier alpha value is -0.530. The SMILES string of the molecule is CCC1C(C)C(=O)OCC1(C)C. The summed E-state index contributed by atoms with van der Waals surface area (Å²) >= 11 is 0. The van der Waals surface area contributed by atoms with Crippen LogP contribution >= 0.6 is 0 Å². The van der Waals surface area contributed by atoms with Crippen LogP contribution in [-0.4, -0.2) is 12.6 Å². The third kappa shape index (κ3) is 1.47. The maximum absolute atomic E-state index is 11.2. The van der Waals surface area contributed by atoms with Gasteiger partial charge in [-0.2, -0.15) is 0 Å². The molecule has 1 saturated heterocycles. The Morgan fingerprint density at radius 3 is 2.58 bits per heavy atom. The Labute approximate surface area is 74.3 Å². The van der Waals surface area contributed by atoms with E-state index in [1.54, 1.807) is 0 Å². The largest absolute Gasteiger partial charge is 0.465 e. The first-order valence-corrected chi connectivity index (χ1v) is 4.65. The number of cyclic esters (lactones) is 1. The van der Waals surface area contributed by atoms with Crippen molar-refractivity contribution < 1.29 is 9.53 Å². The second kappa shape index (κ2) is 3.08. The molecule has 0 radical (unpaired) electrons. The molecule has 0 saturated carbocycles. The summed E-state index contributed by atoms with van der Waals surface area (Å²) in [4.78, 5) is 11.2. The highest BCUT2D eigenvalue weighted by Gasteiger charge is 2.41. The van der Waals surface area contributed by atoms with Crippen molar-refractivity contribution in [3.63, 3.8) is 0 Å². The van der Waals surface area contributed by atoms with Gasteiger partial charge in [0.05, 0.1) is 12.5 Å². The summed E-state index contributed by atoms with van der Waals surface area (Å²) in [7, 11) is 0. The first-order valence-electron chi connectivity index (χ1n) is 4.65. The summed E-state index contributed by atoms with van der Waals surface area (Å²) in [5.74, 6) is 0.513. The average molecular weight is 170 g/mol. The van der Waals surface area contributed by atoms with Gasteiger partial charge in [0.15, 0.2) is 0 Å². The van der Waals surface area contributed by atoms with E-state index < -0.39 is 0 Å². The molecule has 0 bridgehead atoms. The first kappa shape index (κ1) is 9.56. The van der Waals surface area contributed by atoms with Gasteiger partial charge in [-0.25, -0.2) is 0 Å². The van der Waals surface area contributed by atoms with Crippen molar-refractivity contribution in [3.05, 3.63) is 0 Å². The van der Waals surface area contributed by atoms with Crippen molar-refractivity contribution in [2.75, 3.05) is 6.61 Å². The predicted molar refractivity (Wildman–Crippen MR) is 47.7 cm³/mol. The molecular weight excluding hydrogens is 152 g/mol. The number of ether oxygens (including phenoxy) is 1. The van der Waals surface area contributed by atoms with Gasteiger partial charge in [0, 0.05) is 5.41 Å². The third-order valence-electron chi connectivity index (χ3n) is 3.01. The van der Waals surface area contributed by atoms with Crippen molar-refractivity contribution >= 4 is 5.97 Å². The normalized spacial score (nSPS) is 34.5. The Morgan fingerprint density at radius 1 is 1.58 bits per heavy atom. The van der Waals surface area contributed by atoms with Gasteiger partial charge < -0.3 is 4.74 Å². The van der Waals surface area contributed by atoms with Crippen molar-refractivity contribution in [1.29, 1.82) is 0 Å². The summed E-state index contributed by atoms with van der Waals surface area (Å²) in [6, 6.07) is 0. The maximum atomic E-state index is 11.2. The van der Waals surface area contributed by atoms with E-state index in [4.69, 9.17) is 4.74 Å². The molecule has 12 heavy (non-hydrogen) atoms. The average Bonchev–Trinajstić information content (AvgIpc) is 1.99. The second-order valence-corrected chi connectivity index (χ2v) is 4.40. The monoisotopic (exact) mass is 170 g/mol. The Kier molecular flexibility index (Phi) is 2.45. The van der Waals surface area contributed by atoms with Crippen LogP contribution in [0, 0.1) is 17.3 Å². The van der Waals surface area contributed by atoms with Crippen LogP contribution < -0.4 is 0 Å². The van der Waals surface area contributed by atoms with Crippen LogP contribution in [-0.2, 0) is 9.53 Å². The van der Waals surface area contributed by atoms with Crippen molar-refractivity contribution in [2.24, 2.45) is 17.3 Å². The number of carbonyl (C=O) groups is 1. The molecule has 1 rings (SSSR count). The second-order valence-electron chi connectivity index (χ2n) is 4.40. The number of esters is 1. The minimum Gasteiger partial charge on any atom is -0.465 e.